The molecular weight excluding hydrogens is 357 g/mol. The number of aliphatic hydroxyl groups is 1. The molecular formula is C22H32FN3O2. The van der Waals surface area contributed by atoms with Crippen molar-refractivity contribution in [3.05, 3.63) is 30.1 Å². The van der Waals surface area contributed by atoms with Crippen molar-refractivity contribution >= 4 is 11.6 Å². The number of piperazine rings is 1. The number of carbonyl (C=O) groups is 1. The lowest BCUT2D eigenvalue weighted by molar-refractivity contribution is -0.157. The number of carbonyl (C=O) groups excluding carboxylic acids is 1. The summed E-state index contributed by atoms with van der Waals surface area (Å²) < 4.78 is 13.1. The zero-order chi connectivity index (χ0) is 19.6. The third-order valence-electron chi connectivity index (χ3n) is 6.78. The summed E-state index contributed by atoms with van der Waals surface area (Å²) in [5.41, 5.74) is -0.0532. The number of rotatable bonds is 3. The average molecular weight is 390 g/mol. The number of amides is 1. The van der Waals surface area contributed by atoms with Crippen LogP contribution in [0.2, 0.25) is 0 Å². The number of nitrogens with zero attached hydrogens (tertiary/aromatic N) is 3. The number of piperidine rings is 1. The Balaban J connectivity index is 1.32. The number of halogens is 1. The smallest absolute Gasteiger partial charge is 0.254 e. The van der Waals surface area contributed by atoms with E-state index >= 15 is 0 Å². The van der Waals surface area contributed by atoms with Gasteiger partial charge in [-0.15, -0.1) is 0 Å². The maximum Gasteiger partial charge on any atom is 0.254 e. The summed E-state index contributed by atoms with van der Waals surface area (Å²) in [6.45, 7) is 5.24. The van der Waals surface area contributed by atoms with Gasteiger partial charge < -0.3 is 14.9 Å². The van der Waals surface area contributed by atoms with Crippen molar-refractivity contribution in [3.63, 3.8) is 0 Å². The van der Waals surface area contributed by atoms with Crippen molar-refractivity contribution in [2.75, 3.05) is 44.2 Å². The fourth-order valence-corrected chi connectivity index (χ4v) is 5.08. The maximum absolute atomic E-state index is 13.1. The molecule has 3 aliphatic rings. The van der Waals surface area contributed by atoms with Gasteiger partial charge in [-0.25, -0.2) is 4.39 Å². The van der Waals surface area contributed by atoms with E-state index in [-0.39, 0.29) is 11.7 Å². The standard InChI is InChI=1S/C22H32FN3O2/c23-18-6-8-19(9-7-18)24-13-15-25(16-14-24)20-5-4-12-26(17-20)21(27)22(28)10-2-1-3-11-22/h6-9,20,28H,1-5,10-17H2/t20-/m0/s1. The summed E-state index contributed by atoms with van der Waals surface area (Å²) in [7, 11) is 0. The van der Waals surface area contributed by atoms with Crippen molar-refractivity contribution in [3.8, 4) is 0 Å². The first kappa shape index (κ1) is 19.6. The zero-order valence-electron chi connectivity index (χ0n) is 16.7. The highest BCUT2D eigenvalue weighted by molar-refractivity contribution is 5.85. The minimum atomic E-state index is -1.12. The Bertz CT molecular complexity index is 667. The van der Waals surface area contributed by atoms with E-state index in [1.54, 1.807) is 0 Å². The minimum absolute atomic E-state index is 0.0400. The highest BCUT2D eigenvalue weighted by Gasteiger charge is 2.41. The molecule has 1 atom stereocenters. The lowest BCUT2D eigenvalue weighted by Crippen LogP contribution is -2.59. The van der Waals surface area contributed by atoms with Crippen molar-refractivity contribution in [1.82, 2.24) is 9.80 Å². The largest absolute Gasteiger partial charge is 0.380 e. The second kappa shape index (κ2) is 8.37. The first-order valence-electron chi connectivity index (χ1n) is 10.8. The third kappa shape index (κ3) is 4.18. The van der Waals surface area contributed by atoms with E-state index < -0.39 is 5.60 Å². The third-order valence-corrected chi connectivity index (χ3v) is 6.78. The lowest BCUT2D eigenvalue weighted by atomic mass is 9.83. The number of hydrogen-bond donors (Lipinski definition) is 1. The Hall–Kier alpha value is -1.66. The molecule has 0 radical (unpaired) electrons. The zero-order valence-corrected chi connectivity index (χ0v) is 16.7. The van der Waals surface area contributed by atoms with Crippen LogP contribution in [0.5, 0.6) is 0 Å². The molecule has 1 N–H and O–H groups in total. The van der Waals surface area contributed by atoms with Gasteiger partial charge >= 0.3 is 0 Å². The summed E-state index contributed by atoms with van der Waals surface area (Å²) in [5, 5.41) is 10.8. The van der Waals surface area contributed by atoms with E-state index in [1.165, 1.54) is 12.1 Å². The monoisotopic (exact) mass is 389 g/mol. The number of likely N-dealkylation sites (tertiary alicyclic amines) is 1. The molecule has 3 fully saturated rings. The first-order chi connectivity index (χ1) is 13.5. The van der Waals surface area contributed by atoms with E-state index in [0.29, 0.717) is 18.9 Å². The second-order valence-electron chi connectivity index (χ2n) is 8.64. The number of benzene rings is 1. The Morgan fingerprint density at radius 2 is 1.64 bits per heavy atom. The number of hydrogen-bond acceptors (Lipinski definition) is 4. The molecule has 2 heterocycles. The molecule has 1 aromatic carbocycles. The topological polar surface area (TPSA) is 47.0 Å². The average Bonchev–Trinajstić information content (AvgIpc) is 2.74. The minimum Gasteiger partial charge on any atom is -0.380 e. The van der Waals surface area contributed by atoms with Crippen LogP contribution in [0.25, 0.3) is 0 Å². The molecule has 1 aliphatic carbocycles. The van der Waals surface area contributed by atoms with Crippen LogP contribution in [0.1, 0.15) is 44.9 Å². The summed E-state index contributed by atoms with van der Waals surface area (Å²) in [6, 6.07) is 7.10. The van der Waals surface area contributed by atoms with Gasteiger partial charge in [0.1, 0.15) is 11.4 Å². The van der Waals surface area contributed by atoms with Gasteiger partial charge in [-0.1, -0.05) is 19.3 Å². The van der Waals surface area contributed by atoms with E-state index in [1.807, 2.05) is 17.0 Å². The Morgan fingerprint density at radius 3 is 2.32 bits per heavy atom. The molecule has 2 saturated heterocycles. The summed E-state index contributed by atoms with van der Waals surface area (Å²) in [5.74, 6) is -0.240. The molecule has 1 amide bonds. The molecule has 0 bridgehead atoms. The van der Waals surface area contributed by atoms with Gasteiger partial charge in [0.15, 0.2) is 0 Å². The molecule has 0 aromatic heterocycles. The van der Waals surface area contributed by atoms with Crippen LogP contribution in [0.3, 0.4) is 0 Å². The van der Waals surface area contributed by atoms with E-state index in [0.717, 1.165) is 77.1 Å². The molecule has 4 rings (SSSR count). The first-order valence-corrected chi connectivity index (χ1v) is 10.8. The summed E-state index contributed by atoms with van der Waals surface area (Å²) in [4.78, 5) is 19.7. The maximum atomic E-state index is 13.1. The molecule has 28 heavy (non-hydrogen) atoms. The van der Waals surface area contributed by atoms with Gasteiger partial charge in [0.25, 0.3) is 5.91 Å². The van der Waals surface area contributed by atoms with Gasteiger partial charge in [0, 0.05) is 51.0 Å². The van der Waals surface area contributed by atoms with Crippen LogP contribution >= 0.6 is 0 Å². The Morgan fingerprint density at radius 1 is 0.964 bits per heavy atom. The van der Waals surface area contributed by atoms with Crippen LogP contribution in [0.15, 0.2) is 24.3 Å². The fourth-order valence-electron chi connectivity index (χ4n) is 5.08. The van der Waals surface area contributed by atoms with Gasteiger partial charge in [0.2, 0.25) is 0 Å². The fraction of sp³-hybridized carbons (Fsp3) is 0.682. The van der Waals surface area contributed by atoms with Crippen molar-refractivity contribution in [2.45, 2.75) is 56.6 Å². The molecule has 1 saturated carbocycles. The highest BCUT2D eigenvalue weighted by atomic mass is 19.1. The van der Waals surface area contributed by atoms with Crippen LogP contribution in [0.4, 0.5) is 10.1 Å². The highest BCUT2D eigenvalue weighted by Crippen LogP contribution is 2.31. The van der Waals surface area contributed by atoms with Gasteiger partial charge in [-0.3, -0.25) is 9.69 Å². The van der Waals surface area contributed by atoms with E-state index in [9.17, 15) is 14.3 Å². The predicted octanol–water partition coefficient (Wildman–Crippen LogP) is 2.63. The molecule has 2 aliphatic heterocycles. The van der Waals surface area contributed by atoms with Gasteiger partial charge in [-0.2, -0.15) is 0 Å². The molecule has 0 unspecified atom stereocenters. The molecule has 154 valence electrons. The molecule has 6 heteroatoms. The Kier molecular flexibility index (Phi) is 5.88. The molecule has 5 nitrogen and oxygen atoms in total. The Labute approximate surface area is 167 Å². The number of anilines is 1. The van der Waals surface area contributed by atoms with Gasteiger partial charge in [-0.05, 0) is 49.9 Å². The van der Waals surface area contributed by atoms with Gasteiger partial charge in [0.05, 0.1) is 0 Å². The molecule has 0 spiro atoms. The van der Waals surface area contributed by atoms with Crippen LogP contribution in [-0.4, -0.2) is 71.7 Å². The van der Waals surface area contributed by atoms with Crippen LogP contribution in [-0.2, 0) is 4.79 Å². The van der Waals surface area contributed by atoms with E-state index in [4.69, 9.17) is 0 Å². The molecule has 1 aromatic rings. The van der Waals surface area contributed by atoms with Crippen LogP contribution in [0, 0.1) is 5.82 Å². The quantitative estimate of drug-likeness (QED) is 0.863. The second-order valence-corrected chi connectivity index (χ2v) is 8.64. The predicted molar refractivity (Wildman–Crippen MR) is 108 cm³/mol. The lowest BCUT2D eigenvalue weighted by Gasteiger charge is -2.45. The summed E-state index contributed by atoms with van der Waals surface area (Å²) in [6.07, 6.45) is 6.36. The normalized spacial score (nSPS) is 26.3. The van der Waals surface area contributed by atoms with Crippen molar-refractivity contribution in [1.29, 1.82) is 0 Å². The SMILES string of the molecule is O=C(N1CCC[C@H](N2CCN(c3ccc(F)cc3)CC2)C1)C1(O)CCCCC1. The van der Waals surface area contributed by atoms with Crippen molar-refractivity contribution in [2.24, 2.45) is 0 Å². The van der Waals surface area contributed by atoms with E-state index in [2.05, 4.69) is 9.80 Å². The van der Waals surface area contributed by atoms with Crippen molar-refractivity contribution < 1.29 is 14.3 Å². The summed E-state index contributed by atoms with van der Waals surface area (Å²) >= 11 is 0. The van der Waals surface area contributed by atoms with Crippen LogP contribution < -0.4 is 4.90 Å².